The number of hydrogen-bond acceptors (Lipinski definition) is 3. The first-order chi connectivity index (χ1) is 10.3. The van der Waals surface area contributed by atoms with Crippen molar-refractivity contribution in [3.8, 4) is 0 Å². The van der Waals surface area contributed by atoms with Crippen molar-refractivity contribution in [3.05, 3.63) is 34.9 Å². The molecule has 0 bridgehead atoms. The molecule has 1 unspecified atom stereocenters. The number of amides is 1. The summed E-state index contributed by atoms with van der Waals surface area (Å²) in [6.45, 7) is 4.46. The lowest BCUT2D eigenvalue weighted by Gasteiger charge is -2.24. The molecule has 1 amide bonds. The van der Waals surface area contributed by atoms with E-state index in [1.807, 2.05) is 0 Å². The number of benzene rings is 1. The van der Waals surface area contributed by atoms with E-state index < -0.39 is 0 Å². The van der Waals surface area contributed by atoms with Crippen LogP contribution in [0.4, 0.5) is 0 Å². The van der Waals surface area contributed by atoms with Gasteiger partial charge in [0.05, 0.1) is 0 Å². The van der Waals surface area contributed by atoms with Crippen LogP contribution in [-0.4, -0.2) is 38.8 Å². The van der Waals surface area contributed by atoms with E-state index >= 15 is 0 Å². The Hall–Kier alpha value is -1.10. The highest BCUT2D eigenvalue weighted by atomic mass is 35.5. The van der Waals surface area contributed by atoms with Gasteiger partial charge in [-0.1, -0.05) is 12.1 Å². The quantitative estimate of drug-likeness (QED) is 0.832. The first-order valence-electron chi connectivity index (χ1n) is 8.03. The van der Waals surface area contributed by atoms with Crippen LogP contribution in [0.25, 0.3) is 0 Å². The molecule has 5 heteroatoms. The fourth-order valence-corrected chi connectivity index (χ4v) is 4.01. The van der Waals surface area contributed by atoms with Crippen molar-refractivity contribution in [2.45, 2.75) is 24.7 Å². The number of carbonyl (C=O) groups excluding carboxylic acids is 1. The summed E-state index contributed by atoms with van der Waals surface area (Å²) < 4.78 is 5.44. The van der Waals surface area contributed by atoms with Crippen molar-refractivity contribution in [2.24, 2.45) is 5.92 Å². The molecule has 0 radical (unpaired) electrons. The van der Waals surface area contributed by atoms with Crippen molar-refractivity contribution in [3.63, 3.8) is 0 Å². The second-order valence-electron chi connectivity index (χ2n) is 6.47. The van der Waals surface area contributed by atoms with Gasteiger partial charge in [0.25, 0.3) is 5.91 Å². The number of hydrogen-bond donors (Lipinski definition) is 2. The number of halogens is 1. The Morgan fingerprint density at radius 2 is 1.91 bits per heavy atom. The molecule has 3 aliphatic rings. The second kappa shape index (κ2) is 6.57. The third-order valence-electron chi connectivity index (χ3n) is 5.28. The monoisotopic (exact) mass is 322 g/mol. The van der Waals surface area contributed by atoms with Gasteiger partial charge in [0, 0.05) is 44.3 Å². The number of nitrogens with one attached hydrogen (secondary N) is 2. The largest absolute Gasteiger partial charge is 0.381 e. The van der Waals surface area contributed by atoms with E-state index in [2.05, 4.69) is 28.8 Å². The van der Waals surface area contributed by atoms with Crippen LogP contribution in [0.1, 0.15) is 46.2 Å². The summed E-state index contributed by atoms with van der Waals surface area (Å²) >= 11 is 0. The van der Waals surface area contributed by atoms with E-state index in [1.165, 1.54) is 11.1 Å². The predicted octanol–water partition coefficient (Wildman–Crippen LogP) is 2.05. The van der Waals surface area contributed by atoms with Crippen LogP contribution in [0.15, 0.2) is 18.2 Å². The lowest BCUT2D eigenvalue weighted by atomic mass is 9.84. The summed E-state index contributed by atoms with van der Waals surface area (Å²) in [4.78, 5) is 12.4. The van der Waals surface area contributed by atoms with Crippen LogP contribution in [0, 0.1) is 5.92 Å². The molecule has 3 heterocycles. The first kappa shape index (κ1) is 15.8. The van der Waals surface area contributed by atoms with Gasteiger partial charge in [-0.2, -0.15) is 0 Å². The molecule has 2 fully saturated rings. The summed E-state index contributed by atoms with van der Waals surface area (Å²) in [5.74, 6) is 1.65. The minimum absolute atomic E-state index is 0. The van der Waals surface area contributed by atoms with E-state index in [9.17, 15) is 4.79 Å². The molecule has 3 aliphatic heterocycles. The maximum Gasteiger partial charge on any atom is 0.251 e. The summed E-state index contributed by atoms with van der Waals surface area (Å²) in [5.41, 5.74) is 3.43. The van der Waals surface area contributed by atoms with E-state index in [1.54, 1.807) is 0 Å². The van der Waals surface area contributed by atoms with Gasteiger partial charge < -0.3 is 15.4 Å². The lowest BCUT2D eigenvalue weighted by molar-refractivity contribution is 0.0853. The summed E-state index contributed by atoms with van der Waals surface area (Å²) in [6.07, 6.45) is 2.13. The van der Waals surface area contributed by atoms with Gasteiger partial charge in [-0.05, 0) is 41.9 Å². The van der Waals surface area contributed by atoms with Crippen molar-refractivity contribution in [2.75, 3.05) is 32.8 Å². The lowest BCUT2D eigenvalue weighted by Crippen LogP contribution is -2.28. The predicted molar refractivity (Wildman–Crippen MR) is 87.9 cm³/mol. The third kappa shape index (κ3) is 2.75. The SMILES string of the molecule is Cl.O=C1NC[C@@H]2CNCC2c2ccc(C3CCOCC3)cc21. The molecule has 4 nitrogen and oxygen atoms in total. The van der Waals surface area contributed by atoms with Gasteiger partial charge >= 0.3 is 0 Å². The Bertz CT molecular complexity index is 558. The zero-order valence-corrected chi connectivity index (χ0v) is 13.5. The summed E-state index contributed by atoms with van der Waals surface area (Å²) in [6, 6.07) is 6.58. The molecule has 0 aromatic heterocycles. The number of rotatable bonds is 1. The van der Waals surface area contributed by atoms with Crippen LogP contribution in [0.5, 0.6) is 0 Å². The molecule has 2 N–H and O–H groups in total. The number of carbonyl (C=O) groups is 1. The Labute approximate surface area is 137 Å². The standard InChI is InChI=1S/C17H22N2O2.ClH/c20-17-15-7-12(11-3-5-21-6-4-11)1-2-14(15)16-10-18-8-13(16)9-19-17;/h1-2,7,11,13,16,18H,3-6,8-10H2,(H,19,20);1H/t13-,16?;/m0./s1. The molecule has 120 valence electrons. The fourth-order valence-electron chi connectivity index (χ4n) is 4.01. The molecule has 22 heavy (non-hydrogen) atoms. The molecule has 4 rings (SSSR count). The number of fused-ring (bicyclic) bond motifs is 3. The summed E-state index contributed by atoms with van der Waals surface area (Å²) in [7, 11) is 0. The highest BCUT2D eigenvalue weighted by Crippen LogP contribution is 2.35. The van der Waals surface area contributed by atoms with Crippen LogP contribution in [0.2, 0.25) is 0 Å². The topological polar surface area (TPSA) is 50.4 Å². The average molecular weight is 323 g/mol. The average Bonchev–Trinajstić information content (AvgIpc) is 2.96. The third-order valence-corrected chi connectivity index (χ3v) is 5.28. The molecule has 0 spiro atoms. The second-order valence-corrected chi connectivity index (χ2v) is 6.47. The Kier molecular flexibility index (Phi) is 4.71. The highest BCUT2D eigenvalue weighted by Gasteiger charge is 2.34. The molecule has 0 saturated carbocycles. The molecule has 1 aromatic carbocycles. The van der Waals surface area contributed by atoms with Gasteiger partial charge in [0.1, 0.15) is 0 Å². The van der Waals surface area contributed by atoms with Crippen molar-refractivity contribution in [1.29, 1.82) is 0 Å². The molecule has 2 atom stereocenters. The zero-order valence-electron chi connectivity index (χ0n) is 12.6. The Morgan fingerprint density at radius 3 is 2.73 bits per heavy atom. The van der Waals surface area contributed by atoms with E-state index in [-0.39, 0.29) is 18.3 Å². The molecule has 1 aromatic rings. The number of ether oxygens (including phenoxy) is 1. The Morgan fingerprint density at radius 1 is 1.09 bits per heavy atom. The summed E-state index contributed by atoms with van der Waals surface area (Å²) in [5, 5.41) is 6.56. The van der Waals surface area contributed by atoms with Gasteiger partial charge in [0.15, 0.2) is 0 Å². The minimum Gasteiger partial charge on any atom is -0.381 e. The van der Waals surface area contributed by atoms with Crippen molar-refractivity contribution < 1.29 is 9.53 Å². The highest BCUT2D eigenvalue weighted by molar-refractivity contribution is 5.96. The fraction of sp³-hybridized carbons (Fsp3) is 0.588. The van der Waals surface area contributed by atoms with Crippen LogP contribution < -0.4 is 10.6 Å². The van der Waals surface area contributed by atoms with E-state index in [0.29, 0.717) is 17.8 Å². The van der Waals surface area contributed by atoms with Gasteiger partial charge in [0.2, 0.25) is 0 Å². The maximum atomic E-state index is 12.4. The molecule has 2 saturated heterocycles. The molecule has 0 aliphatic carbocycles. The van der Waals surface area contributed by atoms with E-state index in [4.69, 9.17) is 4.74 Å². The van der Waals surface area contributed by atoms with Crippen LogP contribution in [-0.2, 0) is 4.74 Å². The maximum absolute atomic E-state index is 12.4. The molecular weight excluding hydrogens is 300 g/mol. The first-order valence-corrected chi connectivity index (χ1v) is 8.03. The molecular formula is C17H23ClN2O2. The van der Waals surface area contributed by atoms with Crippen molar-refractivity contribution >= 4 is 18.3 Å². The normalized spacial score (nSPS) is 28.1. The van der Waals surface area contributed by atoms with Crippen LogP contribution >= 0.6 is 12.4 Å². The van der Waals surface area contributed by atoms with Gasteiger partial charge in [-0.25, -0.2) is 0 Å². The minimum atomic E-state index is 0. The van der Waals surface area contributed by atoms with Gasteiger partial charge in [-0.3, -0.25) is 4.79 Å². The smallest absolute Gasteiger partial charge is 0.251 e. The van der Waals surface area contributed by atoms with E-state index in [0.717, 1.165) is 51.3 Å². The zero-order chi connectivity index (χ0) is 14.2. The van der Waals surface area contributed by atoms with Gasteiger partial charge in [-0.15, -0.1) is 12.4 Å². The van der Waals surface area contributed by atoms with Crippen molar-refractivity contribution in [1.82, 2.24) is 10.6 Å². The van der Waals surface area contributed by atoms with Crippen LogP contribution in [0.3, 0.4) is 0 Å². The Balaban J connectivity index is 0.00000144.